The van der Waals surface area contributed by atoms with Gasteiger partial charge in [-0.3, -0.25) is 15.1 Å². The minimum atomic E-state index is -0.554. The molecule has 0 radical (unpaired) electrons. The van der Waals surface area contributed by atoms with Crippen LogP contribution in [0.4, 0.5) is 10.1 Å². The van der Waals surface area contributed by atoms with E-state index in [1.165, 1.54) is 25.3 Å². The summed E-state index contributed by atoms with van der Waals surface area (Å²) in [5.41, 5.74) is 0.701. The van der Waals surface area contributed by atoms with Crippen LogP contribution in [0.15, 0.2) is 47.4 Å². The summed E-state index contributed by atoms with van der Waals surface area (Å²) in [5.74, 6) is 0.174. The Morgan fingerprint density at radius 2 is 1.92 bits per heavy atom. The lowest BCUT2D eigenvalue weighted by molar-refractivity contribution is -0.113. The molecule has 1 amide bonds. The summed E-state index contributed by atoms with van der Waals surface area (Å²) in [5, 5.41) is 8.00. The molecule has 25 heavy (non-hydrogen) atoms. The Kier molecular flexibility index (Phi) is 4.76. The Hall–Kier alpha value is -2.80. The first-order chi connectivity index (χ1) is 12.0. The monoisotopic (exact) mass is 358 g/mol. The highest BCUT2D eigenvalue weighted by Gasteiger charge is 2.35. The number of amidine groups is 1. The highest BCUT2D eigenvalue weighted by Crippen LogP contribution is 2.37. The van der Waals surface area contributed by atoms with E-state index in [2.05, 4.69) is 0 Å². The molecular formula is C18H15FN2O3S. The second kappa shape index (κ2) is 6.98. The van der Waals surface area contributed by atoms with E-state index in [1.807, 2.05) is 0 Å². The van der Waals surface area contributed by atoms with Crippen LogP contribution in [0.1, 0.15) is 5.56 Å². The average Bonchev–Trinajstić information content (AvgIpc) is 2.89. The molecule has 1 heterocycles. The van der Waals surface area contributed by atoms with Gasteiger partial charge in [0.2, 0.25) is 0 Å². The zero-order valence-electron chi connectivity index (χ0n) is 13.6. The fourth-order valence-electron chi connectivity index (χ4n) is 2.43. The van der Waals surface area contributed by atoms with Gasteiger partial charge in [0, 0.05) is 5.56 Å². The summed E-state index contributed by atoms with van der Waals surface area (Å²) in [4.78, 5) is 14.0. The normalized spacial score (nSPS) is 15.8. The highest BCUT2D eigenvalue weighted by atomic mass is 32.2. The van der Waals surface area contributed by atoms with Crippen molar-refractivity contribution in [3.63, 3.8) is 0 Å². The average molecular weight is 358 g/mol. The SMILES string of the molecule is COc1ccc(OC)c(/C=C2/SC(=N)N(c3ccccc3F)C2=O)c1. The molecule has 2 aromatic carbocycles. The summed E-state index contributed by atoms with van der Waals surface area (Å²) >= 11 is 0.971. The van der Waals surface area contributed by atoms with Gasteiger partial charge in [0.25, 0.3) is 5.91 Å². The van der Waals surface area contributed by atoms with Crippen molar-refractivity contribution in [3.8, 4) is 11.5 Å². The minimum Gasteiger partial charge on any atom is -0.497 e. The number of hydrogen-bond acceptors (Lipinski definition) is 5. The first kappa shape index (κ1) is 17.0. The molecule has 128 valence electrons. The van der Waals surface area contributed by atoms with Gasteiger partial charge >= 0.3 is 0 Å². The van der Waals surface area contributed by atoms with Crippen molar-refractivity contribution in [2.75, 3.05) is 19.1 Å². The number of carbonyl (C=O) groups is 1. The fraction of sp³-hybridized carbons (Fsp3) is 0.111. The van der Waals surface area contributed by atoms with Crippen molar-refractivity contribution in [1.82, 2.24) is 0 Å². The van der Waals surface area contributed by atoms with E-state index in [-0.39, 0.29) is 10.9 Å². The topological polar surface area (TPSA) is 62.6 Å². The lowest BCUT2D eigenvalue weighted by Crippen LogP contribution is -2.28. The maximum Gasteiger partial charge on any atom is 0.271 e. The number of para-hydroxylation sites is 1. The molecule has 0 aromatic heterocycles. The van der Waals surface area contributed by atoms with Gasteiger partial charge < -0.3 is 9.47 Å². The quantitative estimate of drug-likeness (QED) is 0.842. The molecule has 0 atom stereocenters. The number of nitrogens with one attached hydrogen (secondary N) is 1. The zero-order chi connectivity index (χ0) is 18.0. The molecule has 0 saturated carbocycles. The second-order valence-corrected chi connectivity index (χ2v) is 6.15. The van der Waals surface area contributed by atoms with Gasteiger partial charge in [-0.25, -0.2) is 4.39 Å². The van der Waals surface area contributed by atoms with E-state index in [0.717, 1.165) is 16.7 Å². The maximum atomic E-state index is 14.0. The maximum absolute atomic E-state index is 14.0. The van der Waals surface area contributed by atoms with E-state index in [9.17, 15) is 9.18 Å². The van der Waals surface area contributed by atoms with Crippen LogP contribution in [0.5, 0.6) is 11.5 Å². The van der Waals surface area contributed by atoms with E-state index in [4.69, 9.17) is 14.9 Å². The summed E-state index contributed by atoms with van der Waals surface area (Å²) in [6.07, 6.45) is 1.61. The summed E-state index contributed by atoms with van der Waals surface area (Å²) in [7, 11) is 3.07. The molecule has 0 unspecified atom stereocenters. The number of thioether (sulfide) groups is 1. The van der Waals surface area contributed by atoms with Crippen molar-refractivity contribution in [1.29, 1.82) is 5.41 Å². The number of carbonyl (C=O) groups excluding carboxylic acids is 1. The summed E-state index contributed by atoms with van der Waals surface area (Å²) in [6.45, 7) is 0. The van der Waals surface area contributed by atoms with Crippen LogP contribution in [-0.2, 0) is 4.79 Å². The molecule has 5 nitrogen and oxygen atoms in total. The van der Waals surface area contributed by atoms with Crippen LogP contribution in [0.25, 0.3) is 6.08 Å². The Morgan fingerprint density at radius 3 is 2.60 bits per heavy atom. The third-order valence-corrected chi connectivity index (χ3v) is 4.53. The van der Waals surface area contributed by atoms with E-state index in [0.29, 0.717) is 22.0 Å². The van der Waals surface area contributed by atoms with Crippen molar-refractivity contribution >= 4 is 34.6 Å². The molecule has 0 bridgehead atoms. The van der Waals surface area contributed by atoms with Crippen LogP contribution in [0.2, 0.25) is 0 Å². The molecule has 0 aliphatic carbocycles. The molecular weight excluding hydrogens is 343 g/mol. The smallest absolute Gasteiger partial charge is 0.271 e. The van der Waals surface area contributed by atoms with Crippen LogP contribution in [0.3, 0.4) is 0 Å². The Bertz CT molecular complexity index is 882. The Labute approximate surface area is 148 Å². The van der Waals surface area contributed by atoms with Gasteiger partial charge in [0.05, 0.1) is 24.8 Å². The number of hydrogen-bond donors (Lipinski definition) is 1. The number of rotatable bonds is 4. The van der Waals surface area contributed by atoms with Crippen LogP contribution < -0.4 is 14.4 Å². The van der Waals surface area contributed by atoms with Crippen LogP contribution in [0, 0.1) is 11.2 Å². The molecule has 0 spiro atoms. The standard InChI is InChI=1S/C18H15FN2O3S/c1-23-12-7-8-15(24-2)11(9-12)10-16-17(22)21(18(20)25-16)14-6-4-3-5-13(14)19/h3-10,20H,1-2H3/b16-10+,20-18?. The highest BCUT2D eigenvalue weighted by molar-refractivity contribution is 8.19. The van der Waals surface area contributed by atoms with Gasteiger partial charge in [0.1, 0.15) is 17.3 Å². The third-order valence-electron chi connectivity index (χ3n) is 3.64. The first-order valence-corrected chi connectivity index (χ1v) is 8.16. The minimum absolute atomic E-state index is 0.0526. The summed E-state index contributed by atoms with van der Waals surface area (Å²) < 4.78 is 24.5. The molecule has 3 rings (SSSR count). The van der Waals surface area contributed by atoms with Gasteiger partial charge in [-0.2, -0.15) is 0 Å². The second-order valence-electron chi connectivity index (χ2n) is 5.12. The largest absolute Gasteiger partial charge is 0.497 e. The molecule has 1 saturated heterocycles. The molecule has 7 heteroatoms. The zero-order valence-corrected chi connectivity index (χ0v) is 14.4. The number of methoxy groups -OCH3 is 2. The fourth-order valence-corrected chi connectivity index (χ4v) is 3.28. The lowest BCUT2D eigenvalue weighted by Gasteiger charge is -2.14. The van der Waals surface area contributed by atoms with Crippen molar-refractivity contribution in [2.45, 2.75) is 0 Å². The van der Waals surface area contributed by atoms with Gasteiger partial charge in [-0.05, 0) is 48.2 Å². The summed E-state index contributed by atoms with van der Waals surface area (Å²) in [6, 6.07) is 11.1. The predicted octanol–water partition coefficient (Wildman–Crippen LogP) is 3.90. The Morgan fingerprint density at radius 1 is 1.16 bits per heavy atom. The van der Waals surface area contributed by atoms with Crippen LogP contribution in [-0.4, -0.2) is 25.3 Å². The molecule has 1 N–H and O–H groups in total. The van der Waals surface area contributed by atoms with Gasteiger partial charge in [-0.1, -0.05) is 12.1 Å². The van der Waals surface area contributed by atoms with E-state index in [1.54, 1.807) is 37.5 Å². The number of amides is 1. The molecule has 1 fully saturated rings. The number of halogens is 1. The molecule has 2 aromatic rings. The molecule has 1 aliphatic rings. The predicted molar refractivity (Wildman–Crippen MR) is 96.7 cm³/mol. The third kappa shape index (κ3) is 3.23. The van der Waals surface area contributed by atoms with Crippen molar-refractivity contribution in [3.05, 3.63) is 58.8 Å². The van der Waals surface area contributed by atoms with Gasteiger partial charge in [-0.15, -0.1) is 0 Å². The first-order valence-electron chi connectivity index (χ1n) is 7.34. The van der Waals surface area contributed by atoms with E-state index < -0.39 is 11.7 Å². The van der Waals surface area contributed by atoms with E-state index >= 15 is 0 Å². The number of benzene rings is 2. The van der Waals surface area contributed by atoms with Crippen molar-refractivity contribution in [2.24, 2.45) is 0 Å². The van der Waals surface area contributed by atoms with Crippen LogP contribution >= 0.6 is 11.8 Å². The van der Waals surface area contributed by atoms with Crippen molar-refractivity contribution < 1.29 is 18.7 Å². The van der Waals surface area contributed by atoms with Gasteiger partial charge in [0.15, 0.2) is 5.17 Å². The number of ether oxygens (including phenoxy) is 2. The lowest BCUT2D eigenvalue weighted by atomic mass is 10.1. The Balaban J connectivity index is 2.00. The number of anilines is 1. The number of nitrogens with zero attached hydrogens (tertiary/aromatic N) is 1. The molecule has 1 aliphatic heterocycles.